The normalized spacial score (nSPS) is 21.5. The van der Waals surface area contributed by atoms with Gasteiger partial charge in [-0.15, -0.1) is 23.4 Å². The van der Waals surface area contributed by atoms with E-state index >= 15 is 0 Å². The van der Waals surface area contributed by atoms with Gasteiger partial charge in [0.25, 0.3) is 0 Å². The third kappa shape index (κ3) is 4.73. The van der Waals surface area contributed by atoms with Crippen LogP contribution in [0.15, 0.2) is 41.8 Å². The second-order valence-electron chi connectivity index (χ2n) is 6.07. The minimum Gasteiger partial charge on any atom is -0.406 e. The van der Waals surface area contributed by atoms with Crippen molar-refractivity contribution < 1.29 is 26.3 Å². The van der Waals surface area contributed by atoms with E-state index in [1.54, 1.807) is 12.7 Å². The summed E-state index contributed by atoms with van der Waals surface area (Å²) < 4.78 is 70.2. The van der Waals surface area contributed by atoms with E-state index in [1.807, 2.05) is 4.57 Å². The molecule has 0 spiro atoms. The van der Waals surface area contributed by atoms with Gasteiger partial charge in [0.1, 0.15) is 18.4 Å². The van der Waals surface area contributed by atoms with Gasteiger partial charge in [-0.2, -0.15) is 0 Å². The summed E-state index contributed by atoms with van der Waals surface area (Å²) in [4.78, 5) is -0.273. The molecule has 2 atom stereocenters. The van der Waals surface area contributed by atoms with Gasteiger partial charge in [-0.25, -0.2) is 13.1 Å². The third-order valence-electron chi connectivity index (χ3n) is 4.18. The molecule has 7 nitrogen and oxygen atoms in total. The van der Waals surface area contributed by atoms with Crippen LogP contribution in [-0.2, 0) is 10.0 Å². The Morgan fingerprint density at radius 2 is 1.92 bits per heavy atom. The smallest absolute Gasteiger partial charge is 0.406 e. The van der Waals surface area contributed by atoms with Crippen molar-refractivity contribution in [2.24, 2.45) is 0 Å². The number of nitrogens with one attached hydrogen (secondary N) is 1. The number of halogens is 3. The molecule has 2 aromatic rings. The Morgan fingerprint density at radius 1 is 1.19 bits per heavy atom. The highest BCUT2D eigenvalue weighted by Crippen LogP contribution is 2.30. The van der Waals surface area contributed by atoms with E-state index in [9.17, 15) is 21.6 Å². The average Bonchev–Trinajstić information content (AvgIpc) is 3.08. The molecule has 11 heteroatoms. The van der Waals surface area contributed by atoms with Crippen LogP contribution >= 0.6 is 0 Å². The Balaban J connectivity index is 1.71. The average molecular weight is 390 g/mol. The fraction of sp³-hybridized carbons (Fsp3) is 0.467. The van der Waals surface area contributed by atoms with Crippen LogP contribution in [0.4, 0.5) is 13.2 Å². The first-order valence-corrected chi connectivity index (χ1v) is 9.43. The molecule has 3 rings (SSSR count). The van der Waals surface area contributed by atoms with Gasteiger partial charge in [-0.3, -0.25) is 0 Å². The van der Waals surface area contributed by atoms with E-state index in [4.69, 9.17) is 0 Å². The maximum atomic E-state index is 12.5. The van der Waals surface area contributed by atoms with Crippen LogP contribution in [0.2, 0.25) is 0 Å². The van der Waals surface area contributed by atoms with Crippen molar-refractivity contribution in [2.75, 3.05) is 0 Å². The SMILES string of the molecule is O=S(=O)(NC1CCCC(n2cnnc2)C1)c1cccc(OC(F)(F)F)c1. The number of sulfonamides is 1. The molecule has 0 amide bonds. The minimum atomic E-state index is -4.88. The Morgan fingerprint density at radius 3 is 2.62 bits per heavy atom. The number of rotatable bonds is 5. The lowest BCUT2D eigenvalue weighted by atomic mass is 9.91. The van der Waals surface area contributed by atoms with Crippen molar-refractivity contribution in [2.45, 2.75) is 49.0 Å². The van der Waals surface area contributed by atoms with Crippen LogP contribution in [0.1, 0.15) is 31.7 Å². The number of nitrogens with zero attached hydrogens (tertiary/aromatic N) is 3. The van der Waals surface area contributed by atoms with Crippen LogP contribution < -0.4 is 9.46 Å². The Hall–Kier alpha value is -2.14. The zero-order valence-corrected chi connectivity index (χ0v) is 14.4. The van der Waals surface area contributed by atoms with Crippen molar-refractivity contribution in [3.8, 4) is 5.75 Å². The fourth-order valence-electron chi connectivity index (χ4n) is 3.07. The predicted octanol–water partition coefficient (Wildman–Crippen LogP) is 2.64. The van der Waals surface area contributed by atoms with E-state index in [-0.39, 0.29) is 17.0 Å². The first-order chi connectivity index (χ1) is 12.2. The molecule has 2 unspecified atom stereocenters. The Kier molecular flexibility index (Phi) is 5.19. The van der Waals surface area contributed by atoms with Crippen LogP contribution in [0.5, 0.6) is 5.75 Å². The number of hydrogen-bond acceptors (Lipinski definition) is 5. The van der Waals surface area contributed by atoms with Gasteiger partial charge in [0.2, 0.25) is 10.0 Å². The quantitative estimate of drug-likeness (QED) is 0.848. The number of alkyl halides is 3. The lowest BCUT2D eigenvalue weighted by Crippen LogP contribution is -2.38. The summed E-state index contributed by atoms with van der Waals surface area (Å²) in [6.45, 7) is 0. The highest BCUT2D eigenvalue weighted by Gasteiger charge is 2.32. The summed E-state index contributed by atoms with van der Waals surface area (Å²) in [5.74, 6) is -0.577. The Bertz CT molecular complexity index is 840. The molecule has 1 aromatic carbocycles. The van der Waals surface area contributed by atoms with Gasteiger partial charge in [0.15, 0.2) is 0 Å². The van der Waals surface area contributed by atoms with Gasteiger partial charge in [0.05, 0.1) is 4.90 Å². The van der Waals surface area contributed by atoms with Crippen LogP contribution in [0, 0.1) is 0 Å². The number of hydrogen-bond donors (Lipinski definition) is 1. The van der Waals surface area contributed by atoms with Crippen molar-refractivity contribution >= 4 is 10.0 Å². The fourth-order valence-corrected chi connectivity index (χ4v) is 4.38. The van der Waals surface area contributed by atoms with E-state index in [1.165, 1.54) is 12.1 Å². The van der Waals surface area contributed by atoms with Crippen molar-refractivity contribution in [3.05, 3.63) is 36.9 Å². The maximum Gasteiger partial charge on any atom is 0.573 e. The van der Waals surface area contributed by atoms with Crippen molar-refractivity contribution in [1.29, 1.82) is 0 Å². The molecule has 0 bridgehead atoms. The minimum absolute atomic E-state index is 0.0753. The number of benzene rings is 1. The first kappa shape index (κ1) is 18.6. The second kappa shape index (κ2) is 7.23. The molecule has 0 aliphatic heterocycles. The molecule has 1 heterocycles. The molecule has 0 saturated heterocycles. The molecule has 142 valence electrons. The molecule has 1 aromatic heterocycles. The second-order valence-corrected chi connectivity index (χ2v) is 7.78. The first-order valence-electron chi connectivity index (χ1n) is 7.95. The lowest BCUT2D eigenvalue weighted by Gasteiger charge is -2.30. The third-order valence-corrected chi connectivity index (χ3v) is 5.69. The van der Waals surface area contributed by atoms with Crippen LogP contribution in [0.25, 0.3) is 0 Å². The zero-order chi connectivity index (χ0) is 18.8. The summed E-state index contributed by atoms with van der Waals surface area (Å²) in [5.41, 5.74) is 0. The zero-order valence-electron chi connectivity index (χ0n) is 13.6. The van der Waals surface area contributed by atoms with E-state index in [2.05, 4.69) is 19.7 Å². The predicted molar refractivity (Wildman–Crippen MR) is 84.8 cm³/mol. The van der Waals surface area contributed by atoms with Crippen LogP contribution in [0.3, 0.4) is 0 Å². The van der Waals surface area contributed by atoms with Gasteiger partial charge in [-0.05, 0) is 37.8 Å². The molecule has 1 fully saturated rings. The van der Waals surface area contributed by atoms with E-state index < -0.39 is 22.1 Å². The molecule has 1 saturated carbocycles. The Labute approximate surface area is 148 Å². The summed E-state index contributed by atoms with van der Waals surface area (Å²) >= 11 is 0. The van der Waals surface area contributed by atoms with Crippen molar-refractivity contribution in [1.82, 2.24) is 19.5 Å². The van der Waals surface area contributed by atoms with Gasteiger partial charge >= 0.3 is 6.36 Å². The maximum absolute atomic E-state index is 12.5. The van der Waals surface area contributed by atoms with Gasteiger partial charge in [0, 0.05) is 18.2 Å². The summed E-state index contributed by atoms with van der Waals surface area (Å²) in [7, 11) is -3.97. The number of aromatic nitrogens is 3. The molecule has 0 radical (unpaired) electrons. The summed E-state index contributed by atoms with van der Waals surface area (Å²) in [6.07, 6.45) is 1.18. The van der Waals surface area contributed by atoms with E-state index in [0.717, 1.165) is 25.0 Å². The molecular weight excluding hydrogens is 373 g/mol. The largest absolute Gasteiger partial charge is 0.573 e. The number of ether oxygens (including phenoxy) is 1. The van der Waals surface area contributed by atoms with Gasteiger partial charge in [-0.1, -0.05) is 6.07 Å². The van der Waals surface area contributed by atoms with Crippen LogP contribution in [-0.4, -0.2) is 35.6 Å². The van der Waals surface area contributed by atoms with Crippen molar-refractivity contribution in [3.63, 3.8) is 0 Å². The molecule has 1 aliphatic rings. The highest BCUT2D eigenvalue weighted by molar-refractivity contribution is 7.89. The standard InChI is InChI=1S/C15H17F3N4O3S/c16-15(17,18)25-13-5-2-6-14(8-13)26(23,24)21-11-3-1-4-12(7-11)22-9-19-20-10-22/h2,5-6,8-12,21H,1,3-4,7H2. The van der Waals surface area contributed by atoms with Gasteiger partial charge < -0.3 is 9.30 Å². The molecular formula is C15H17F3N4O3S. The molecule has 1 aliphatic carbocycles. The lowest BCUT2D eigenvalue weighted by molar-refractivity contribution is -0.274. The summed E-state index contributed by atoms with van der Waals surface area (Å²) in [6, 6.07) is 4.09. The summed E-state index contributed by atoms with van der Waals surface area (Å²) in [5, 5.41) is 7.50. The molecule has 26 heavy (non-hydrogen) atoms. The van der Waals surface area contributed by atoms with E-state index in [0.29, 0.717) is 12.8 Å². The highest BCUT2D eigenvalue weighted by atomic mass is 32.2. The monoisotopic (exact) mass is 390 g/mol. The topological polar surface area (TPSA) is 86.1 Å². The molecule has 1 N–H and O–H groups in total.